The normalized spacial score (nSPS) is 17.4. The molecule has 0 saturated carbocycles. The number of Topliss-reactive ketones (excluding diaryl/α,β-unsaturated/α-hetero) is 1. The smallest absolute Gasteiger partial charge is 0.295 e. The minimum Gasteiger partial charge on any atom is -0.507 e. The topological polar surface area (TPSA) is 119 Å². The summed E-state index contributed by atoms with van der Waals surface area (Å²) in [5.74, 6) is -1.53. The molecular weight excluding hydrogens is 416 g/mol. The highest BCUT2D eigenvalue weighted by Crippen LogP contribution is 2.40. The minimum atomic E-state index is -0.998. The van der Waals surface area contributed by atoms with Gasteiger partial charge >= 0.3 is 0 Å². The number of benzene rings is 2. The van der Waals surface area contributed by atoms with Crippen LogP contribution < -0.4 is 4.74 Å². The van der Waals surface area contributed by atoms with E-state index in [2.05, 4.69) is 6.58 Å². The predicted octanol–water partition coefficient (Wildman–Crippen LogP) is 3.23. The monoisotopic (exact) mass is 438 g/mol. The van der Waals surface area contributed by atoms with E-state index in [1.54, 1.807) is 36.4 Å². The van der Waals surface area contributed by atoms with Gasteiger partial charge in [0.05, 0.1) is 23.1 Å². The summed E-state index contributed by atoms with van der Waals surface area (Å²) in [5, 5.41) is 22.2. The number of amides is 1. The molecule has 0 aromatic heterocycles. The molecule has 3 rings (SSSR count). The van der Waals surface area contributed by atoms with Gasteiger partial charge in [-0.2, -0.15) is 0 Å². The second-order valence-corrected chi connectivity index (χ2v) is 6.96. The van der Waals surface area contributed by atoms with E-state index < -0.39 is 22.7 Å². The van der Waals surface area contributed by atoms with Crippen molar-refractivity contribution < 1.29 is 29.1 Å². The van der Waals surface area contributed by atoms with Gasteiger partial charge in [-0.05, 0) is 29.8 Å². The summed E-state index contributed by atoms with van der Waals surface area (Å²) in [6.07, 6.45) is 1.59. The van der Waals surface area contributed by atoms with Crippen LogP contribution >= 0.6 is 0 Å². The number of hydrogen-bond acceptors (Lipinski definition) is 7. The maximum atomic E-state index is 12.9. The van der Waals surface area contributed by atoms with Crippen LogP contribution in [0.15, 0.2) is 66.8 Å². The number of nitrogens with zero attached hydrogens (tertiary/aromatic N) is 2. The number of ketones is 1. The average molecular weight is 438 g/mol. The molecule has 0 spiro atoms. The molecule has 2 aromatic rings. The van der Waals surface area contributed by atoms with E-state index in [1.165, 1.54) is 30.2 Å². The maximum absolute atomic E-state index is 12.9. The largest absolute Gasteiger partial charge is 0.507 e. The first-order chi connectivity index (χ1) is 15.4. The summed E-state index contributed by atoms with van der Waals surface area (Å²) in [6.45, 7) is 4.10. The molecule has 0 radical (unpaired) electrons. The van der Waals surface area contributed by atoms with Crippen molar-refractivity contribution in [1.82, 2.24) is 4.90 Å². The number of ether oxygens (including phenoxy) is 2. The Morgan fingerprint density at radius 1 is 1.25 bits per heavy atom. The fourth-order valence-electron chi connectivity index (χ4n) is 3.47. The first-order valence-electron chi connectivity index (χ1n) is 9.74. The van der Waals surface area contributed by atoms with E-state index in [-0.39, 0.29) is 30.2 Å². The van der Waals surface area contributed by atoms with E-state index in [0.29, 0.717) is 23.5 Å². The van der Waals surface area contributed by atoms with Crippen LogP contribution in [0.1, 0.15) is 17.2 Å². The Balaban J connectivity index is 2.10. The summed E-state index contributed by atoms with van der Waals surface area (Å²) in [5.41, 5.74) is 0.299. The molecule has 9 nitrogen and oxygen atoms in total. The molecule has 0 unspecified atom stereocenters. The van der Waals surface area contributed by atoms with E-state index in [4.69, 9.17) is 9.47 Å². The number of hydrogen-bond donors (Lipinski definition) is 1. The average Bonchev–Trinajstić information content (AvgIpc) is 3.06. The summed E-state index contributed by atoms with van der Waals surface area (Å²) >= 11 is 0. The van der Waals surface area contributed by atoms with Crippen molar-refractivity contribution >= 4 is 23.1 Å². The van der Waals surface area contributed by atoms with Gasteiger partial charge in [0.25, 0.3) is 17.4 Å². The van der Waals surface area contributed by atoms with Gasteiger partial charge in [-0.25, -0.2) is 0 Å². The second kappa shape index (κ2) is 9.88. The molecule has 1 saturated heterocycles. The molecule has 1 heterocycles. The number of nitro benzene ring substituents is 1. The van der Waals surface area contributed by atoms with Crippen molar-refractivity contribution in [2.24, 2.45) is 0 Å². The van der Waals surface area contributed by atoms with Crippen molar-refractivity contribution in [2.75, 3.05) is 26.9 Å². The van der Waals surface area contributed by atoms with Crippen LogP contribution in [0.25, 0.3) is 5.76 Å². The molecule has 1 atom stereocenters. The van der Waals surface area contributed by atoms with Gasteiger partial charge in [-0.1, -0.05) is 24.8 Å². The molecule has 1 aliphatic rings. The van der Waals surface area contributed by atoms with Crippen LogP contribution in [0.5, 0.6) is 5.75 Å². The highest BCUT2D eigenvalue weighted by Gasteiger charge is 2.46. The molecule has 0 aliphatic carbocycles. The molecule has 1 aliphatic heterocycles. The molecule has 2 aromatic carbocycles. The molecule has 0 bridgehead atoms. The Morgan fingerprint density at radius 2 is 1.97 bits per heavy atom. The third kappa shape index (κ3) is 4.52. The Kier molecular flexibility index (Phi) is 7.01. The minimum absolute atomic E-state index is 0.0690. The third-order valence-corrected chi connectivity index (χ3v) is 4.97. The fraction of sp³-hybridized carbons (Fsp3) is 0.217. The molecular formula is C23H22N2O7. The van der Waals surface area contributed by atoms with Crippen LogP contribution in [-0.2, 0) is 14.3 Å². The lowest BCUT2D eigenvalue weighted by Gasteiger charge is -2.24. The number of carbonyl (C=O) groups is 2. The first kappa shape index (κ1) is 22.7. The van der Waals surface area contributed by atoms with Gasteiger partial charge in [0, 0.05) is 31.4 Å². The van der Waals surface area contributed by atoms with Gasteiger partial charge < -0.3 is 19.5 Å². The van der Waals surface area contributed by atoms with Crippen molar-refractivity contribution in [3.05, 3.63) is 88.0 Å². The van der Waals surface area contributed by atoms with E-state index in [0.717, 1.165) is 0 Å². The number of rotatable bonds is 9. The van der Waals surface area contributed by atoms with Crippen LogP contribution in [0.2, 0.25) is 0 Å². The van der Waals surface area contributed by atoms with Gasteiger partial charge in [0.2, 0.25) is 0 Å². The molecule has 1 amide bonds. The molecule has 1 fully saturated rings. The predicted molar refractivity (Wildman–Crippen MR) is 116 cm³/mol. The van der Waals surface area contributed by atoms with Gasteiger partial charge in [0.15, 0.2) is 0 Å². The number of likely N-dealkylation sites (tertiary alicyclic amines) is 1. The second-order valence-electron chi connectivity index (χ2n) is 6.96. The zero-order valence-corrected chi connectivity index (χ0v) is 17.4. The summed E-state index contributed by atoms with van der Waals surface area (Å²) < 4.78 is 10.5. The number of aliphatic hydroxyl groups excluding tert-OH is 1. The van der Waals surface area contributed by atoms with Crippen molar-refractivity contribution in [1.29, 1.82) is 0 Å². The lowest BCUT2D eigenvalue weighted by molar-refractivity contribution is -0.384. The highest BCUT2D eigenvalue weighted by molar-refractivity contribution is 6.46. The Morgan fingerprint density at radius 3 is 2.59 bits per heavy atom. The zero-order valence-electron chi connectivity index (χ0n) is 17.4. The van der Waals surface area contributed by atoms with Crippen LogP contribution in [-0.4, -0.2) is 53.5 Å². The van der Waals surface area contributed by atoms with Crippen LogP contribution in [0.3, 0.4) is 0 Å². The van der Waals surface area contributed by atoms with E-state index in [9.17, 15) is 24.8 Å². The number of carbonyl (C=O) groups excluding carboxylic acids is 2. The van der Waals surface area contributed by atoms with E-state index >= 15 is 0 Å². The summed E-state index contributed by atoms with van der Waals surface area (Å²) in [4.78, 5) is 37.6. The van der Waals surface area contributed by atoms with Crippen molar-refractivity contribution in [3.63, 3.8) is 0 Å². The number of aliphatic hydroxyl groups is 1. The van der Waals surface area contributed by atoms with E-state index in [1.807, 2.05) is 0 Å². The van der Waals surface area contributed by atoms with Gasteiger partial charge in [0.1, 0.15) is 18.1 Å². The van der Waals surface area contributed by atoms with Crippen molar-refractivity contribution in [2.45, 2.75) is 6.04 Å². The highest BCUT2D eigenvalue weighted by atomic mass is 16.6. The van der Waals surface area contributed by atoms with Crippen LogP contribution in [0.4, 0.5) is 5.69 Å². The third-order valence-electron chi connectivity index (χ3n) is 4.97. The Hall–Kier alpha value is -3.98. The van der Waals surface area contributed by atoms with Gasteiger partial charge in [-0.15, -0.1) is 0 Å². The fourth-order valence-corrected chi connectivity index (χ4v) is 3.47. The quantitative estimate of drug-likeness (QED) is 0.159. The SMILES string of the molecule is C=CCOc1ccc(C(O)=C2C(=O)C(=O)N(CCOC)[C@H]2c2cccc([N+](=O)[O-])c2)cc1. The number of methoxy groups -OCH3 is 1. The lowest BCUT2D eigenvalue weighted by atomic mass is 9.95. The number of nitro groups is 1. The molecule has 166 valence electrons. The molecule has 9 heteroatoms. The number of non-ortho nitro benzene ring substituents is 1. The molecule has 32 heavy (non-hydrogen) atoms. The van der Waals surface area contributed by atoms with Gasteiger partial charge in [-0.3, -0.25) is 19.7 Å². The standard InChI is InChI=1S/C23H22N2O7/c1-3-12-32-18-9-7-15(8-10-18)21(26)19-20(16-5-4-6-17(14-16)25(29)30)24(11-13-31-2)23(28)22(19)27/h3-10,14,20,26H,1,11-13H2,2H3/t20-/m0/s1. The lowest BCUT2D eigenvalue weighted by Crippen LogP contribution is -2.32. The van der Waals surface area contributed by atoms with Crippen molar-refractivity contribution in [3.8, 4) is 5.75 Å². The first-order valence-corrected chi connectivity index (χ1v) is 9.74. The molecule has 1 N–H and O–H groups in total. The summed E-state index contributed by atoms with van der Waals surface area (Å²) in [7, 11) is 1.45. The Bertz CT molecular complexity index is 1080. The summed E-state index contributed by atoms with van der Waals surface area (Å²) in [6, 6.07) is 11.0. The zero-order chi connectivity index (χ0) is 23.3. The maximum Gasteiger partial charge on any atom is 0.295 e. The Labute approximate surface area is 184 Å². The van der Waals surface area contributed by atoms with Crippen LogP contribution in [0, 0.1) is 10.1 Å².